The van der Waals surface area contributed by atoms with Crippen LogP contribution in [0.4, 0.5) is 4.79 Å². The number of carbonyl (C=O) groups excluding carboxylic acids is 3. The Labute approximate surface area is 226 Å². The molecule has 2 heterocycles. The SMILES string of the molecule is CC/C(=C\c1cc(Br)ccc1O)CC[C@H]1OB(O)C[C@H]2C1=C(C(C)C)C[C@H]1C(=O)N(C(=O)OC)C(=O)[C@H]12. The summed E-state index contributed by atoms with van der Waals surface area (Å²) in [6.07, 6.45) is 3.17. The number of hydrogen-bond donors (Lipinski definition) is 2. The van der Waals surface area contributed by atoms with E-state index in [9.17, 15) is 24.5 Å². The largest absolute Gasteiger partial charge is 0.507 e. The van der Waals surface area contributed by atoms with Crippen LogP contribution in [0.1, 0.15) is 52.0 Å². The van der Waals surface area contributed by atoms with Crippen LogP contribution in [0.25, 0.3) is 6.08 Å². The third kappa shape index (κ3) is 5.29. The average Bonchev–Trinajstić information content (AvgIpc) is 3.12. The number of imide groups is 3. The van der Waals surface area contributed by atoms with Crippen LogP contribution in [0.15, 0.2) is 39.4 Å². The summed E-state index contributed by atoms with van der Waals surface area (Å²) < 4.78 is 11.6. The van der Waals surface area contributed by atoms with Crippen molar-refractivity contribution < 1.29 is 33.9 Å². The molecule has 0 radical (unpaired) electrons. The van der Waals surface area contributed by atoms with Gasteiger partial charge in [0.1, 0.15) is 5.75 Å². The van der Waals surface area contributed by atoms with E-state index in [1.165, 1.54) is 0 Å². The van der Waals surface area contributed by atoms with Crippen LogP contribution < -0.4 is 0 Å². The Kier molecular flexibility index (Phi) is 8.30. The monoisotopic (exact) mass is 573 g/mol. The minimum atomic E-state index is -1.08. The Morgan fingerprint density at radius 2 is 2.03 bits per heavy atom. The van der Waals surface area contributed by atoms with Crippen molar-refractivity contribution in [3.8, 4) is 5.75 Å². The normalized spacial score (nSPS) is 26.1. The van der Waals surface area contributed by atoms with Gasteiger partial charge in [-0.25, -0.2) is 4.79 Å². The number of benzene rings is 1. The maximum absolute atomic E-state index is 13.3. The third-order valence-corrected chi connectivity index (χ3v) is 8.32. The predicted octanol–water partition coefficient (Wildman–Crippen LogP) is 4.95. The Morgan fingerprint density at radius 3 is 2.68 bits per heavy atom. The molecule has 0 spiro atoms. The third-order valence-electron chi connectivity index (χ3n) is 7.83. The predicted molar refractivity (Wildman–Crippen MR) is 142 cm³/mol. The fourth-order valence-corrected chi connectivity index (χ4v) is 6.43. The molecule has 2 saturated heterocycles. The number of phenolic OH excluding ortho intramolecular Hbond substituents is 1. The second kappa shape index (κ2) is 11.1. The topological polar surface area (TPSA) is 113 Å². The van der Waals surface area contributed by atoms with E-state index in [-0.39, 0.29) is 23.9 Å². The van der Waals surface area contributed by atoms with E-state index in [4.69, 9.17) is 9.39 Å². The highest BCUT2D eigenvalue weighted by molar-refractivity contribution is 9.10. The molecule has 1 aliphatic carbocycles. The molecule has 2 N–H and O–H groups in total. The van der Waals surface area contributed by atoms with Gasteiger partial charge in [-0.05, 0) is 67.6 Å². The van der Waals surface area contributed by atoms with Crippen LogP contribution >= 0.6 is 15.9 Å². The molecule has 2 aliphatic heterocycles. The number of hydrogen-bond acceptors (Lipinski definition) is 7. The molecule has 4 atom stereocenters. The molecule has 8 nitrogen and oxygen atoms in total. The molecule has 37 heavy (non-hydrogen) atoms. The molecule has 0 unspecified atom stereocenters. The molecular formula is C27H33BBrNO7. The number of amides is 3. The number of halogens is 1. The lowest BCUT2D eigenvalue weighted by Gasteiger charge is -2.44. The highest BCUT2D eigenvalue weighted by Crippen LogP contribution is 2.52. The van der Waals surface area contributed by atoms with E-state index in [0.717, 1.165) is 34.7 Å². The fraction of sp³-hybridized carbons (Fsp3) is 0.519. The average molecular weight is 574 g/mol. The van der Waals surface area contributed by atoms with Crippen molar-refractivity contribution in [2.24, 2.45) is 23.7 Å². The zero-order chi connectivity index (χ0) is 27.0. The van der Waals surface area contributed by atoms with E-state index in [0.29, 0.717) is 29.7 Å². The standard InChI is InChI=1S/C27H33BBrNO7/c1-5-15(10-16-11-17(29)7-8-21(16)31)6-9-22-23-18(14(2)3)12-19-24(20(23)13-28(35)37-22)26(33)30(25(19)32)27(34)36-4/h7-8,10-11,14,19-20,22,24,31,35H,5-6,9,12-13H2,1-4H3/b15-10+/t19-,20+,22-,24-/m1/s1. The molecular weight excluding hydrogens is 541 g/mol. The lowest BCUT2D eigenvalue weighted by atomic mass is 9.57. The number of allylic oxidation sites excluding steroid dienone is 2. The van der Waals surface area contributed by atoms with Gasteiger partial charge in [-0.3, -0.25) is 9.59 Å². The number of carbonyl (C=O) groups is 3. The zero-order valence-electron chi connectivity index (χ0n) is 21.6. The fourth-order valence-electron chi connectivity index (χ4n) is 6.05. The second-order valence-electron chi connectivity index (χ2n) is 10.3. The van der Waals surface area contributed by atoms with Gasteiger partial charge in [-0.2, -0.15) is 4.90 Å². The quantitative estimate of drug-likeness (QED) is 0.281. The summed E-state index contributed by atoms with van der Waals surface area (Å²) in [5, 5.41) is 20.9. The number of likely N-dealkylation sites (tertiary alicyclic amines) is 1. The van der Waals surface area contributed by atoms with Crippen molar-refractivity contribution in [2.45, 2.75) is 58.9 Å². The number of fused-ring (bicyclic) bond motifs is 3. The Morgan fingerprint density at radius 1 is 1.30 bits per heavy atom. The van der Waals surface area contributed by atoms with Gasteiger partial charge in [0.25, 0.3) is 0 Å². The highest BCUT2D eigenvalue weighted by atomic mass is 79.9. The molecule has 3 aliphatic rings. The van der Waals surface area contributed by atoms with E-state index in [1.807, 2.05) is 12.1 Å². The van der Waals surface area contributed by atoms with Gasteiger partial charge in [0.15, 0.2) is 0 Å². The minimum absolute atomic E-state index is 0.106. The van der Waals surface area contributed by atoms with Gasteiger partial charge in [0.2, 0.25) is 11.8 Å². The van der Waals surface area contributed by atoms with Crippen LogP contribution in [0, 0.1) is 23.7 Å². The highest BCUT2D eigenvalue weighted by Gasteiger charge is 2.59. The van der Waals surface area contributed by atoms with Crippen LogP contribution in [-0.2, 0) is 19.0 Å². The van der Waals surface area contributed by atoms with Crippen LogP contribution in [0.2, 0.25) is 6.32 Å². The molecule has 3 amide bonds. The van der Waals surface area contributed by atoms with Gasteiger partial charge < -0.3 is 19.5 Å². The van der Waals surface area contributed by atoms with Crippen molar-refractivity contribution in [2.75, 3.05) is 7.11 Å². The number of phenols is 1. The molecule has 0 bridgehead atoms. The summed E-state index contributed by atoms with van der Waals surface area (Å²) in [5.41, 5.74) is 3.87. The lowest BCUT2D eigenvalue weighted by Crippen LogP contribution is -2.46. The second-order valence-corrected chi connectivity index (χ2v) is 11.2. The molecule has 2 fully saturated rings. The van der Waals surface area contributed by atoms with Crippen LogP contribution in [0.5, 0.6) is 5.75 Å². The Balaban J connectivity index is 1.65. The van der Waals surface area contributed by atoms with E-state index in [1.54, 1.807) is 12.1 Å². The van der Waals surface area contributed by atoms with E-state index in [2.05, 4.69) is 36.7 Å². The molecule has 4 rings (SSSR count). The smallest absolute Gasteiger partial charge is 0.455 e. The zero-order valence-corrected chi connectivity index (χ0v) is 23.2. The van der Waals surface area contributed by atoms with Gasteiger partial charge >= 0.3 is 13.2 Å². The summed E-state index contributed by atoms with van der Waals surface area (Å²) in [7, 11) is 0.0684. The number of ether oxygens (including phenoxy) is 1. The van der Waals surface area contributed by atoms with Crippen molar-refractivity contribution in [3.63, 3.8) is 0 Å². The number of aromatic hydroxyl groups is 1. The summed E-state index contributed by atoms with van der Waals surface area (Å²) in [6.45, 7) is 6.15. The van der Waals surface area contributed by atoms with Gasteiger partial charge in [-0.15, -0.1) is 0 Å². The van der Waals surface area contributed by atoms with Crippen LogP contribution in [0.3, 0.4) is 0 Å². The van der Waals surface area contributed by atoms with E-state index < -0.39 is 43.0 Å². The van der Waals surface area contributed by atoms with Crippen molar-refractivity contribution in [1.29, 1.82) is 0 Å². The van der Waals surface area contributed by atoms with Gasteiger partial charge in [-0.1, -0.05) is 53.9 Å². The first kappa shape index (κ1) is 27.6. The molecule has 0 saturated carbocycles. The molecule has 10 heteroatoms. The molecule has 1 aromatic rings. The molecule has 0 aromatic heterocycles. The van der Waals surface area contributed by atoms with E-state index >= 15 is 0 Å². The summed E-state index contributed by atoms with van der Waals surface area (Å²) in [6, 6.07) is 5.28. The van der Waals surface area contributed by atoms with Crippen LogP contribution in [-0.4, -0.2) is 53.3 Å². The Bertz CT molecular complexity index is 1160. The van der Waals surface area contributed by atoms with Gasteiger partial charge in [0, 0.05) is 10.0 Å². The Hall–Kier alpha value is -2.43. The number of methoxy groups -OCH3 is 1. The van der Waals surface area contributed by atoms with Crippen molar-refractivity contribution >= 4 is 47.0 Å². The first-order chi connectivity index (χ1) is 17.6. The minimum Gasteiger partial charge on any atom is -0.507 e. The number of rotatable bonds is 6. The molecule has 198 valence electrons. The van der Waals surface area contributed by atoms with Gasteiger partial charge in [0.05, 0.1) is 25.0 Å². The first-order valence-corrected chi connectivity index (χ1v) is 13.6. The van der Waals surface area contributed by atoms with Crippen molar-refractivity contribution in [1.82, 2.24) is 4.90 Å². The summed E-state index contributed by atoms with van der Waals surface area (Å²) in [4.78, 5) is 39.3. The first-order valence-electron chi connectivity index (χ1n) is 12.8. The maximum Gasteiger partial charge on any atom is 0.455 e. The summed E-state index contributed by atoms with van der Waals surface area (Å²) >= 11 is 3.45. The maximum atomic E-state index is 13.3. The molecule has 1 aromatic carbocycles. The summed E-state index contributed by atoms with van der Waals surface area (Å²) in [5.74, 6) is -2.53. The van der Waals surface area contributed by atoms with Crippen molar-refractivity contribution in [3.05, 3.63) is 45.0 Å². The lowest BCUT2D eigenvalue weighted by molar-refractivity contribution is -0.137. The number of nitrogens with zero attached hydrogens (tertiary/aromatic N) is 1.